The summed E-state index contributed by atoms with van der Waals surface area (Å²) < 4.78 is 63.1. The van der Waals surface area contributed by atoms with Crippen LogP contribution >= 0.6 is 0 Å². The van der Waals surface area contributed by atoms with Crippen molar-refractivity contribution in [3.8, 4) is 11.5 Å². The highest BCUT2D eigenvalue weighted by atomic mass is 19.2. The first-order valence-corrected chi connectivity index (χ1v) is 9.55. The molecule has 6 heteroatoms. The smallest absolute Gasteiger partial charge is 0.162 e. The van der Waals surface area contributed by atoms with Crippen molar-refractivity contribution in [1.29, 1.82) is 0 Å². The zero-order valence-corrected chi connectivity index (χ0v) is 17.5. The Morgan fingerprint density at radius 1 is 0.571 bits per heavy atom. The molecule has 0 atom stereocenters. The van der Waals surface area contributed by atoms with E-state index < -0.39 is 23.3 Å². The van der Waals surface area contributed by atoms with Crippen molar-refractivity contribution < 1.29 is 27.0 Å². The van der Waals surface area contributed by atoms with Crippen LogP contribution in [-0.4, -0.2) is 13.2 Å². The molecule has 2 rings (SSSR count). The third-order valence-electron chi connectivity index (χ3n) is 3.49. The van der Waals surface area contributed by atoms with E-state index in [-0.39, 0.29) is 0 Å². The molecule has 0 radical (unpaired) electrons. The number of benzene rings is 2. The van der Waals surface area contributed by atoms with Crippen LogP contribution in [0.3, 0.4) is 0 Å². The second kappa shape index (κ2) is 13.9. The molecule has 0 fully saturated rings. The van der Waals surface area contributed by atoms with Gasteiger partial charge in [0.2, 0.25) is 0 Å². The molecule has 28 heavy (non-hydrogen) atoms. The van der Waals surface area contributed by atoms with Crippen molar-refractivity contribution in [2.75, 3.05) is 13.2 Å². The van der Waals surface area contributed by atoms with E-state index in [1.807, 2.05) is 27.7 Å². The maximum Gasteiger partial charge on any atom is 0.162 e. The normalized spacial score (nSPS) is 9.64. The quantitative estimate of drug-likeness (QED) is 0.362. The zero-order valence-electron chi connectivity index (χ0n) is 17.5. The summed E-state index contributed by atoms with van der Waals surface area (Å²) in [6.45, 7) is 11.9. The highest BCUT2D eigenvalue weighted by Gasteiger charge is 2.09. The third-order valence-corrected chi connectivity index (χ3v) is 3.49. The molecule has 0 aromatic heterocycles. The molecule has 0 heterocycles. The van der Waals surface area contributed by atoms with Gasteiger partial charge in [-0.25, -0.2) is 17.6 Å². The third kappa shape index (κ3) is 8.19. The number of hydrogen-bond acceptors (Lipinski definition) is 2. The van der Waals surface area contributed by atoms with Gasteiger partial charge in [0.15, 0.2) is 23.3 Å². The minimum absolute atomic E-state index is 0.297. The van der Waals surface area contributed by atoms with Crippen LogP contribution in [0.25, 0.3) is 0 Å². The maximum absolute atomic E-state index is 13.1. The van der Waals surface area contributed by atoms with Gasteiger partial charge in [0.25, 0.3) is 0 Å². The van der Waals surface area contributed by atoms with Crippen LogP contribution in [0.1, 0.15) is 51.7 Å². The van der Waals surface area contributed by atoms with E-state index in [9.17, 15) is 17.6 Å². The lowest BCUT2D eigenvalue weighted by Gasteiger charge is -2.11. The molecule has 2 aromatic carbocycles. The highest BCUT2D eigenvalue weighted by molar-refractivity contribution is 5.34. The van der Waals surface area contributed by atoms with Gasteiger partial charge in [0.1, 0.15) is 11.5 Å². The van der Waals surface area contributed by atoms with E-state index >= 15 is 0 Å². The van der Waals surface area contributed by atoms with Gasteiger partial charge in [-0.2, -0.15) is 0 Å². The monoisotopic (exact) mass is 402 g/mol. The van der Waals surface area contributed by atoms with Gasteiger partial charge in [-0.15, -0.1) is 0 Å². The van der Waals surface area contributed by atoms with Crippen molar-refractivity contribution in [1.82, 2.24) is 0 Å². The topological polar surface area (TPSA) is 18.5 Å². The number of unbranched alkanes of at least 4 members (excludes halogenated alkanes) is 1. The first-order chi connectivity index (χ1) is 13.4. The molecule has 0 saturated heterocycles. The molecule has 0 saturated carbocycles. The van der Waals surface area contributed by atoms with Crippen molar-refractivity contribution >= 4 is 0 Å². The average molecular weight is 402 g/mol. The Morgan fingerprint density at radius 2 is 0.857 bits per heavy atom. The lowest BCUT2D eigenvalue weighted by molar-refractivity contribution is 0.263. The molecule has 0 unspecified atom stereocenters. The van der Waals surface area contributed by atoms with Crippen LogP contribution in [0.4, 0.5) is 17.6 Å². The number of rotatable bonds is 7. The summed E-state index contributed by atoms with van der Waals surface area (Å²) in [6, 6.07) is 4.21. The Balaban J connectivity index is 0.00000171. The highest BCUT2D eigenvalue weighted by Crippen LogP contribution is 2.23. The molecule has 2 aromatic rings. The van der Waals surface area contributed by atoms with Gasteiger partial charge in [-0.05, 0) is 49.9 Å². The lowest BCUT2D eigenvalue weighted by atomic mass is 10.2. The summed E-state index contributed by atoms with van der Waals surface area (Å²) in [5.74, 6) is -3.12. The molecule has 0 aliphatic carbocycles. The van der Waals surface area contributed by atoms with Gasteiger partial charge in [0.05, 0.1) is 13.2 Å². The molecule has 2 nitrogen and oxygen atoms in total. The molecule has 0 amide bonds. The Kier molecular flexibility index (Phi) is 12.7. The number of halogens is 4. The fraction of sp³-hybridized carbons (Fsp3) is 0.455. The SMILES string of the molecule is CC.CC.Cc1cc(F)c(F)cc1OCCCCOc1cc(F)c(F)cc1C. The lowest BCUT2D eigenvalue weighted by Crippen LogP contribution is -2.05. The number of hydrogen-bond donors (Lipinski definition) is 0. The molecule has 0 aliphatic heterocycles. The van der Waals surface area contributed by atoms with Crippen molar-refractivity contribution in [2.24, 2.45) is 0 Å². The molecule has 158 valence electrons. The van der Waals surface area contributed by atoms with Gasteiger partial charge < -0.3 is 9.47 Å². The van der Waals surface area contributed by atoms with E-state index in [0.717, 1.165) is 24.3 Å². The van der Waals surface area contributed by atoms with Crippen molar-refractivity contribution in [3.05, 3.63) is 58.7 Å². The summed E-state index contributed by atoms with van der Waals surface area (Å²) in [5, 5.41) is 0. The van der Waals surface area contributed by atoms with E-state index in [0.29, 0.717) is 48.7 Å². The fourth-order valence-corrected chi connectivity index (χ4v) is 2.14. The summed E-state index contributed by atoms with van der Waals surface area (Å²) >= 11 is 0. The average Bonchev–Trinajstić information content (AvgIpc) is 2.69. The van der Waals surface area contributed by atoms with Crippen LogP contribution in [0.5, 0.6) is 11.5 Å². The summed E-state index contributed by atoms with van der Waals surface area (Å²) in [6.07, 6.45) is 1.22. The second-order valence-electron chi connectivity index (χ2n) is 5.47. The van der Waals surface area contributed by atoms with E-state index in [2.05, 4.69) is 0 Å². The number of ether oxygens (including phenoxy) is 2. The van der Waals surface area contributed by atoms with Gasteiger partial charge in [-0.1, -0.05) is 27.7 Å². The van der Waals surface area contributed by atoms with Crippen LogP contribution in [0, 0.1) is 37.1 Å². The van der Waals surface area contributed by atoms with Crippen LogP contribution < -0.4 is 9.47 Å². The van der Waals surface area contributed by atoms with Crippen molar-refractivity contribution in [2.45, 2.75) is 54.4 Å². The number of aryl methyl sites for hydroxylation is 2. The molecular formula is C22H30F4O2. The van der Waals surface area contributed by atoms with Crippen LogP contribution in [0.2, 0.25) is 0 Å². The molecule has 0 spiro atoms. The van der Waals surface area contributed by atoms with Gasteiger partial charge >= 0.3 is 0 Å². The minimum Gasteiger partial charge on any atom is -0.493 e. The predicted octanol–water partition coefficient (Wildman–Crippen LogP) is 7.15. The van der Waals surface area contributed by atoms with Gasteiger partial charge in [0, 0.05) is 12.1 Å². The van der Waals surface area contributed by atoms with E-state index in [4.69, 9.17) is 9.47 Å². The second-order valence-corrected chi connectivity index (χ2v) is 5.47. The minimum atomic E-state index is -0.951. The molecule has 0 bridgehead atoms. The predicted molar refractivity (Wildman–Crippen MR) is 105 cm³/mol. The largest absolute Gasteiger partial charge is 0.493 e. The molecule has 0 N–H and O–H groups in total. The Morgan fingerprint density at radius 3 is 1.18 bits per heavy atom. The summed E-state index contributed by atoms with van der Waals surface area (Å²) in [5.41, 5.74) is 1.03. The summed E-state index contributed by atoms with van der Waals surface area (Å²) in [7, 11) is 0. The van der Waals surface area contributed by atoms with Crippen molar-refractivity contribution in [3.63, 3.8) is 0 Å². The molecule has 0 aliphatic rings. The van der Waals surface area contributed by atoms with Crippen LogP contribution in [0.15, 0.2) is 24.3 Å². The standard InChI is InChI=1S/C18H18F4O2.2C2H6/c1-11-7-13(19)15(21)9-17(11)23-5-3-4-6-24-18-10-16(22)14(20)8-12(18)2;2*1-2/h7-10H,3-6H2,1-2H3;2*1-2H3. The Bertz CT molecular complexity index is 657. The van der Waals surface area contributed by atoms with Crippen LogP contribution in [-0.2, 0) is 0 Å². The van der Waals surface area contributed by atoms with E-state index in [1.54, 1.807) is 13.8 Å². The first-order valence-electron chi connectivity index (χ1n) is 9.55. The zero-order chi connectivity index (χ0) is 21.7. The van der Waals surface area contributed by atoms with E-state index in [1.165, 1.54) is 0 Å². The maximum atomic E-state index is 13.1. The first kappa shape index (κ1) is 25.8. The van der Waals surface area contributed by atoms with Gasteiger partial charge in [-0.3, -0.25) is 0 Å². The summed E-state index contributed by atoms with van der Waals surface area (Å²) in [4.78, 5) is 0. The molecular weight excluding hydrogens is 372 g/mol. The Hall–Kier alpha value is -2.24. The Labute approximate surface area is 165 Å². The fourth-order valence-electron chi connectivity index (χ4n) is 2.14.